The topological polar surface area (TPSA) is 55.1 Å². The summed E-state index contributed by atoms with van der Waals surface area (Å²) in [5.41, 5.74) is 0.498. The van der Waals surface area contributed by atoms with Crippen molar-refractivity contribution in [2.45, 2.75) is 0 Å². The van der Waals surface area contributed by atoms with Gasteiger partial charge in [0, 0.05) is 11.8 Å². The molecule has 1 aromatic heterocycles. The van der Waals surface area contributed by atoms with Gasteiger partial charge in [0.2, 0.25) is 5.76 Å². The van der Waals surface area contributed by atoms with Crippen molar-refractivity contribution in [3.8, 4) is 0 Å². The standard InChI is InChI=1S/C10H7FN2O2/c11-7-1-3-8(4-2-7)13-10(14)9-5-6-12-15-9/h1-6H,(H,13,14). The number of aromatic nitrogens is 1. The first kappa shape index (κ1) is 9.39. The zero-order chi connectivity index (χ0) is 10.7. The summed E-state index contributed by atoms with van der Waals surface area (Å²) in [6.45, 7) is 0. The molecule has 1 heterocycles. The first-order valence-electron chi connectivity index (χ1n) is 4.23. The maximum atomic E-state index is 12.6. The SMILES string of the molecule is O=C(Nc1ccc(F)cc1)c1ccno1. The van der Waals surface area contributed by atoms with Gasteiger partial charge in [0.05, 0.1) is 6.20 Å². The Hall–Kier alpha value is -2.17. The van der Waals surface area contributed by atoms with Crippen molar-refractivity contribution in [2.75, 3.05) is 5.32 Å². The van der Waals surface area contributed by atoms with Gasteiger partial charge in [0.25, 0.3) is 5.91 Å². The Morgan fingerprint density at radius 1 is 1.27 bits per heavy atom. The normalized spacial score (nSPS) is 9.93. The lowest BCUT2D eigenvalue weighted by Crippen LogP contribution is -2.10. The van der Waals surface area contributed by atoms with Crippen LogP contribution in [-0.4, -0.2) is 11.1 Å². The molecule has 0 bridgehead atoms. The molecular weight excluding hydrogens is 199 g/mol. The van der Waals surface area contributed by atoms with E-state index >= 15 is 0 Å². The van der Waals surface area contributed by atoms with Gasteiger partial charge in [-0.1, -0.05) is 5.16 Å². The summed E-state index contributed by atoms with van der Waals surface area (Å²) in [6.07, 6.45) is 1.37. The summed E-state index contributed by atoms with van der Waals surface area (Å²) < 4.78 is 17.2. The van der Waals surface area contributed by atoms with Crippen LogP contribution in [0, 0.1) is 5.82 Å². The van der Waals surface area contributed by atoms with Crippen molar-refractivity contribution in [1.82, 2.24) is 5.16 Å². The van der Waals surface area contributed by atoms with Gasteiger partial charge in [-0.05, 0) is 24.3 Å². The van der Waals surface area contributed by atoms with E-state index in [0.29, 0.717) is 5.69 Å². The molecule has 0 radical (unpaired) electrons. The molecule has 0 unspecified atom stereocenters. The number of nitrogens with zero attached hydrogens (tertiary/aromatic N) is 1. The first-order valence-corrected chi connectivity index (χ1v) is 4.23. The van der Waals surface area contributed by atoms with Crippen LogP contribution in [0.1, 0.15) is 10.6 Å². The van der Waals surface area contributed by atoms with E-state index in [1.54, 1.807) is 0 Å². The van der Waals surface area contributed by atoms with Crippen LogP contribution in [0.3, 0.4) is 0 Å². The summed E-state index contributed by atoms with van der Waals surface area (Å²) in [6, 6.07) is 6.89. The average molecular weight is 206 g/mol. The minimum Gasteiger partial charge on any atom is -0.351 e. The zero-order valence-corrected chi connectivity index (χ0v) is 7.61. The molecule has 76 valence electrons. The molecule has 0 saturated carbocycles. The number of amides is 1. The Balaban J connectivity index is 2.09. The zero-order valence-electron chi connectivity index (χ0n) is 7.61. The molecule has 0 aliphatic carbocycles. The highest BCUT2D eigenvalue weighted by Gasteiger charge is 2.09. The number of carbonyl (C=O) groups is 1. The van der Waals surface area contributed by atoms with Crippen LogP contribution in [0.15, 0.2) is 41.1 Å². The van der Waals surface area contributed by atoms with E-state index in [4.69, 9.17) is 0 Å². The summed E-state index contributed by atoms with van der Waals surface area (Å²) in [5.74, 6) is -0.661. The van der Waals surface area contributed by atoms with Crippen LogP contribution in [-0.2, 0) is 0 Å². The van der Waals surface area contributed by atoms with Gasteiger partial charge in [-0.25, -0.2) is 4.39 Å². The Morgan fingerprint density at radius 2 is 2.00 bits per heavy atom. The highest BCUT2D eigenvalue weighted by molar-refractivity contribution is 6.02. The quantitative estimate of drug-likeness (QED) is 0.818. The fourth-order valence-electron chi connectivity index (χ4n) is 1.06. The third-order valence-corrected chi connectivity index (χ3v) is 1.76. The maximum Gasteiger partial charge on any atom is 0.294 e. The van der Waals surface area contributed by atoms with Gasteiger partial charge >= 0.3 is 0 Å². The Bertz CT molecular complexity index is 451. The van der Waals surface area contributed by atoms with E-state index in [-0.39, 0.29) is 11.6 Å². The number of nitrogens with one attached hydrogen (secondary N) is 1. The molecule has 0 spiro atoms. The molecule has 0 atom stereocenters. The molecule has 4 nitrogen and oxygen atoms in total. The lowest BCUT2D eigenvalue weighted by atomic mass is 10.3. The molecule has 0 saturated heterocycles. The maximum absolute atomic E-state index is 12.6. The lowest BCUT2D eigenvalue weighted by Gasteiger charge is -2.01. The highest BCUT2D eigenvalue weighted by atomic mass is 19.1. The summed E-state index contributed by atoms with van der Waals surface area (Å²) in [4.78, 5) is 11.4. The lowest BCUT2D eigenvalue weighted by molar-refractivity contribution is 0.0988. The Kier molecular flexibility index (Phi) is 2.45. The number of rotatable bonds is 2. The highest BCUT2D eigenvalue weighted by Crippen LogP contribution is 2.09. The fourth-order valence-corrected chi connectivity index (χ4v) is 1.06. The van der Waals surface area contributed by atoms with E-state index in [1.807, 2.05) is 0 Å². The van der Waals surface area contributed by atoms with Crippen LogP contribution < -0.4 is 5.32 Å². The molecule has 1 aromatic carbocycles. The number of benzene rings is 1. The van der Waals surface area contributed by atoms with E-state index in [1.165, 1.54) is 36.5 Å². The molecule has 2 rings (SSSR count). The molecule has 0 fully saturated rings. The second-order valence-electron chi connectivity index (χ2n) is 2.84. The summed E-state index contributed by atoms with van der Waals surface area (Å²) in [5, 5.41) is 5.94. The first-order chi connectivity index (χ1) is 7.25. The van der Waals surface area contributed by atoms with Crippen molar-refractivity contribution in [3.63, 3.8) is 0 Å². The number of halogens is 1. The molecule has 1 N–H and O–H groups in total. The smallest absolute Gasteiger partial charge is 0.294 e. The second-order valence-corrected chi connectivity index (χ2v) is 2.84. The molecule has 5 heteroatoms. The molecule has 15 heavy (non-hydrogen) atoms. The Labute approximate surface area is 84.7 Å². The number of carbonyl (C=O) groups excluding carboxylic acids is 1. The van der Waals surface area contributed by atoms with Crippen LogP contribution in [0.4, 0.5) is 10.1 Å². The largest absolute Gasteiger partial charge is 0.351 e. The van der Waals surface area contributed by atoms with E-state index in [2.05, 4.69) is 15.0 Å². The van der Waals surface area contributed by atoms with Crippen molar-refractivity contribution in [2.24, 2.45) is 0 Å². The van der Waals surface area contributed by atoms with Gasteiger partial charge in [-0.15, -0.1) is 0 Å². The van der Waals surface area contributed by atoms with E-state index in [0.717, 1.165) is 0 Å². The number of hydrogen-bond donors (Lipinski definition) is 1. The molecule has 1 amide bonds. The van der Waals surface area contributed by atoms with Gasteiger partial charge in [-0.3, -0.25) is 4.79 Å². The van der Waals surface area contributed by atoms with Crippen LogP contribution in [0.25, 0.3) is 0 Å². The second kappa shape index (κ2) is 3.91. The monoisotopic (exact) mass is 206 g/mol. The van der Waals surface area contributed by atoms with Crippen LogP contribution in [0.2, 0.25) is 0 Å². The Morgan fingerprint density at radius 3 is 2.60 bits per heavy atom. The van der Waals surface area contributed by atoms with Crippen molar-refractivity contribution < 1.29 is 13.7 Å². The van der Waals surface area contributed by atoms with E-state index in [9.17, 15) is 9.18 Å². The predicted molar refractivity (Wildman–Crippen MR) is 50.9 cm³/mol. The van der Waals surface area contributed by atoms with E-state index < -0.39 is 5.91 Å². The summed E-state index contributed by atoms with van der Waals surface area (Å²) in [7, 11) is 0. The molecule has 0 aliphatic rings. The van der Waals surface area contributed by atoms with Crippen molar-refractivity contribution in [3.05, 3.63) is 48.1 Å². The van der Waals surface area contributed by atoms with Crippen molar-refractivity contribution in [1.29, 1.82) is 0 Å². The predicted octanol–water partition coefficient (Wildman–Crippen LogP) is 2.07. The van der Waals surface area contributed by atoms with Gasteiger partial charge in [-0.2, -0.15) is 0 Å². The molecular formula is C10H7FN2O2. The average Bonchev–Trinajstić information content (AvgIpc) is 2.74. The van der Waals surface area contributed by atoms with Gasteiger partial charge in [0.15, 0.2) is 0 Å². The molecule has 2 aromatic rings. The molecule has 0 aliphatic heterocycles. The van der Waals surface area contributed by atoms with Crippen LogP contribution in [0.5, 0.6) is 0 Å². The third kappa shape index (κ3) is 2.19. The van der Waals surface area contributed by atoms with Crippen molar-refractivity contribution >= 4 is 11.6 Å². The fraction of sp³-hybridized carbons (Fsp3) is 0. The van der Waals surface area contributed by atoms with Gasteiger partial charge < -0.3 is 9.84 Å². The van der Waals surface area contributed by atoms with Crippen LogP contribution >= 0.6 is 0 Å². The minimum absolute atomic E-state index is 0.110. The summed E-state index contributed by atoms with van der Waals surface area (Å²) >= 11 is 0. The third-order valence-electron chi connectivity index (χ3n) is 1.76. The van der Waals surface area contributed by atoms with Gasteiger partial charge in [0.1, 0.15) is 5.82 Å². The number of anilines is 1. The number of hydrogen-bond acceptors (Lipinski definition) is 3. The minimum atomic E-state index is -0.417.